The van der Waals surface area contributed by atoms with Crippen LogP contribution in [0.4, 0.5) is 0 Å². The van der Waals surface area contributed by atoms with E-state index in [1.54, 1.807) is 0 Å². The topological polar surface area (TPSA) is 12.9 Å². The minimum atomic E-state index is 0.847. The van der Waals surface area contributed by atoms with Crippen LogP contribution in [0.3, 0.4) is 0 Å². The zero-order valence-electron chi connectivity index (χ0n) is 7.24. The number of nitrogens with zero attached hydrogens (tertiary/aromatic N) is 1. The van der Waals surface area contributed by atoms with E-state index in [1.807, 2.05) is 42.5 Å². The molecule has 1 aromatic heterocycles. The first kappa shape index (κ1) is 9.87. The van der Waals surface area contributed by atoms with Crippen LogP contribution in [0.25, 0.3) is 11.3 Å². The van der Waals surface area contributed by atoms with E-state index in [2.05, 4.69) is 36.8 Å². The molecule has 2 rings (SSSR count). The third-order valence-electron chi connectivity index (χ3n) is 1.86. The maximum atomic E-state index is 4.41. The molecule has 0 N–H and O–H groups in total. The SMILES string of the molecule is Brc1ccc(Br)c(-c2ccccc2)n1. The smallest absolute Gasteiger partial charge is 0.106 e. The molecule has 0 saturated heterocycles. The van der Waals surface area contributed by atoms with Crippen molar-refractivity contribution in [1.29, 1.82) is 0 Å². The standard InChI is InChI=1S/C11H7Br2N/c12-9-6-7-10(13)14-11(9)8-4-2-1-3-5-8/h1-7H. The van der Waals surface area contributed by atoms with Crippen molar-refractivity contribution in [1.82, 2.24) is 4.98 Å². The minimum Gasteiger partial charge on any atom is -0.240 e. The van der Waals surface area contributed by atoms with Gasteiger partial charge in [0.25, 0.3) is 0 Å². The van der Waals surface area contributed by atoms with Gasteiger partial charge in [-0.2, -0.15) is 0 Å². The van der Waals surface area contributed by atoms with Crippen molar-refractivity contribution >= 4 is 31.9 Å². The maximum absolute atomic E-state index is 4.41. The van der Waals surface area contributed by atoms with Gasteiger partial charge in [-0.25, -0.2) is 4.98 Å². The van der Waals surface area contributed by atoms with E-state index in [-0.39, 0.29) is 0 Å². The van der Waals surface area contributed by atoms with Gasteiger partial charge in [-0.3, -0.25) is 0 Å². The molecule has 0 aliphatic rings. The summed E-state index contributed by atoms with van der Waals surface area (Å²) in [5, 5.41) is 0. The van der Waals surface area contributed by atoms with E-state index >= 15 is 0 Å². The average molecular weight is 313 g/mol. The predicted octanol–water partition coefficient (Wildman–Crippen LogP) is 4.27. The molecule has 0 saturated carbocycles. The summed E-state index contributed by atoms with van der Waals surface area (Å²) >= 11 is 6.85. The number of hydrogen-bond acceptors (Lipinski definition) is 1. The average Bonchev–Trinajstić information content (AvgIpc) is 2.23. The van der Waals surface area contributed by atoms with Crippen molar-refractivity contribution in [2.24, 2.45) is 0 Å². The number of rotatable bonds is 1. The van der Waals surface area contributed by atoms with E-state index in [0.717, 1.165) is 20.3 Å². The molecule has 0 fully saturated rings. The van der Waals surface area contributed by atoms with Crippen molar-refractivity contribution in [2.75, 3.05) is 0 Å². The van der Waals surface area contributed by atoms with Crippen LogP contribution in [0.2, 0.25) is 0 Å². The molecule has 1 aromatic carbocycles. The fraction of sp³-hybridized carbons (Fsp3) is 0. The summed E-state index contributed by atoms with van der Waals surface area (Å²) in [6.07, 6.45) is 0. The lowest BCUT2D eigenvalue weighted by atomic mass is 10.1. The molecule has 3 heteroatoms. The number of benzene rings is 1. The zero-order chi connectivity index (χ0) is 9.97. The van der Waals surface area contributed by atoms with Crippen LogP contribution < -0.4 is 0 Å². The molecular formula is C11H7Br2N. The van der Waals surface area contributed by atoms with Crippen LogP contribution in [0, 0.1) is 0 Å². The summed E-state index contributed by atoms with van der Waals surface area (Å²) in [6, 6.07) is 14.0. The van der Waals surface area contributed by atoms with Gasteiger partial charge in [0.15, 0.2) is 0 Å². The van der Waals surface area contributed by atoms with Crippen LogP contribution in [-0.4, -0.2) is 4.98 Å². The lowest BCUT2D eigenvalue weighted by Gasteiger charge is -2.03. The summed E-state index contributed by atoms with van der Waals surface area (Å²) < 4.78 is 1.85. The molecule has 0 radical (unpaired) electrons. The van der Waals surface area contributed by atoms with Gasteiger partial charge in [0, 0.05) is 10.0 Å². The highest BCUT2D eigenvalue weighted by Crippen LogP contribution is 2.27. The van der Waals surface area contributed by atoms with E-state index < -0.39 is 0 Å². The van der Waals surface area contributed by atoms with Crippen LogP contribution in [0.5, 0.6) is 0 Å². The molecule has 1 nitrogen and oxygen atoms in total. The van der Waals surface area contributed by atoms with E-state index in [1.165, 1.54) is 0 Å². The van der Waals surface area contributed by atoms with Crippen molar-refractivity contribution in [2.45, 2.75) is 0 Å². The van der Waals surface area contributed by atoms with Gasteiger partial charge in [-0.05, 0) is 44.0 Å². The first-order valence-electron chi connectivity index (χ1n) is 4.15. The molecule has 0 aliphatic carbocycles. The molecule has 0 unspecified atom stereocenters. The second kappa shape index (κ2) is 4.24. The monoisotopic (exact) mass is 311 g/mol. The summed E-state index contributed by atoms with van der Waals surface area (Å²) in [4.78, 5) is 4.41. The Balaban J connectivity index is 2.57. The molecule has 1 heterocycles. The third-order valence-corrected chi connectivity index (χ3v) is 2.94. The van der Waals surface area contributed by atoms with Gasteiger partial charge in [-0.15, -0.1) is 0 Å². The summed E-state index contributed by atoms with van der Waals surface area (Å²) in [5.74, 6) is 0. The number of pyridine rings is 1. The van der Waals surface area contributed by atoms with Gasteiger partial charge in [0.1, 0.15) is 4.60 Å². The molecule has 0 atom stereocenters. The quantitative estimate of drug-likeness (QED) is 0.716. The molecule has 0 amide bonds. The molecule has 70 valence electrons. The van der Waals surface area contributed by atoms with Crippen molar-refractivity contribution in [3.8, 4) is 11.3 Å². The molecular weight excluding hydrogens is 306 g/mol. The molecule has 0 aliphatic heterocycles. The van der Waals surface area contributed by atoms with Crippen LogP contribution in [0.15, 0.2) is 51.5 Å². The summed E-state index contributed by atoms with van der Waals surface area (Å²) in [7, 11) is 0. The van der Waals surface area contributed by atoms with Gasteiger partial charge in [-0.1, -0.05) is 30.3 Å². The van der Waals surface area contributed by atoms with Gasteiger partial charge >= 0.3 is 0 Å². The number of halogens is 2. The number of hydrogen-bond donors (Lipinski definition) is 0. The molecule has 0 bridgehead atoms. The Kier molecular flexibility index (Phi) is 2.99. The fourth-order valence-electron chi connectivity index (χ4n) is 1.22. The second-order valence-electron chi connectivity index (χ2n) is 2.83. The Morgan fingerprint density at radius 3 is 2.29 bits per heavy atom. The lowest BCUT2D eigenvalue weighted by Crippen LogP contribution is -1.85. The van der Waals surface area contributed by atoms with Crippen LogP contribution in [0.1, 0.15) is 0 Å². The Hall–Kier alpha value is -0.670. The minimum absolute atomic E-state index is 0.847. The first-order chi connectivity index (χ1) is 6.77. The molecule has 0 spiro atoms. The summed E-state index contributed by atoms with van der Waals surface area (Å²) in [5.41, 5.74) is 2.07. The van der Waals surface area contributed by atoms with Crippen LogP contribution >= 0.6 is 31.9 Å². The predicted molar refractivity (Wildman–Crippen MR) is 65.1 cm³/mol. The Bertz CT molecular complexity index is 440. The van der Waals surface area contributed by atoms with Gasteiger partial charge < -0.3 is 0 Å². The summed E-state index contributed by atoms with van der Waals surface area (Å²) in [6.45, 7) is 0. The Morgan fingerprint density at radius 2 is 1.57 bits per heavy atom. The van der Waals surface area contributed by atoms with Crippen molar-refractivity contribution < 1.29 is 0 Å². The van der Waals surface area contributed by atoms with Gasteiger partial charge in [0.2, 0.25) is 0 Å². The highest BCUT2D eigenvalue weighted by atomic mass is 79.9. The van der Waals surface area contributed by atoms with Crippen molar-refractivity contribution in [3.63, 3.8) is 0 Å². The first-order valence-corrected chi connectivity index (χ1v) is 5.73. The van der Waals surface area contributed by atoms with E-state index in [4.69, 9.17) is 0 Å². The van der Waals surface area contributed by atoms with Gasteiger partial charge in [0.05, 0.1) is 5.69 Å². The largest absolute Gasteiger partial charge is 0.240 e. The Labute approximate surface area is 99.4 Å². The lowest BCUT2D eigenvalue weighted by molar-refractivity contribution is 1.26. The molecule has 14 heavy (non-hydrogen) atoms. The Morgan fingerprint density at radius 1 is 0.857 bits per heavy atom. The zero-order valence-corrected chi connectivity index (χ0v) is 10.4. The normalized spacial score (nSPS) is 10.1. The fourth-order valence-corrected chi connectivity index (χ4v) is 1.98. The second-order valence-corrected chi connectivity index (χ2v) is 4.50. The highest BCUT2D eigenvalue weighted by molar-refractivity contribution is 9.11. The van der Waals surface area contributed by atoms with E-state index in [0.29, 0.717) is 0 Å². The highest BCUT2D eigenvalue weighted by Gasteiger charge is 2.04. The van der Waals surface area contributed by atoms with E-state index in [9.17, 15) is 0 Å². The van der Waals surface area contributed by atoms with Crippen molar-refractivity contribution in [3.05, 3.63) is 51.5 Å². The molecule has 2 aromatic rings. The maximum Gasteiger partial charge on any atom is 0.106 e. The number of aromatic nitrogens is 1. The van der Waals surface area contributed by atoms with Crippen LogP contribution in [-0.2, 0) is 0 Å². The third kappa shape index (κ3) is 2.04.